The monoisotopic (exact) mass is 374 g/mol. The SMILES string of the molecule is CC[C@H]1CCO[C@H](O[C@H](C)c2cc(C)cc(C)c2)[C@@H]1c1ccc(F)c(F)c1. The largest absolute Gasteiger partial charge is 0.352 e. The molecule has 2 aromatic carbocycles. The van der Waals surface area contributed by atoms with Crippen LogP contribution >= 0.6 is 0 Å². The lowest BCUT2D eigenvalue weighted by atomic mass is 9.80. The van der Waals surface area contributed by atoms with E-state index in [0.29, 0.717) is 12.5 Å². The first-order chi connectivity index (χ1) is 12.9. The average Bonchev–Trinajstić information content (AvgIpc) is 2.63. The molecule has 3 rings (SSSR count). The third-order valence-corrected chi connectivity index (χ3v) is 5.48. The van der Waals surface area contributed by atoms with Gasteiger partial charge in [-0.25, -0.2) is 8.78 Å². The summed E-state index contributed by atoms with van der Waals surface area (Å²) in [5, 5.41) is 0. The van der Waals surface area contributed by atoms with Crippen LogP contribution < -0.4 is 0 Å². The fourth-order valence-corrected chi connectivity index (χ4v) is 4.10. The van der Waals surface area contributed by atoms with Gasteiger partial charge in [-0.15, -0.1) is 0 Å². The van der Waals surface area contributed by atoms with Crippen molar-refractivity contribution < 1.29 is 18.3 Å². The second-order valence-electron chi connectivity index (χ2n) is 7.59. The molecule has 0 N–H and O–H groups in total. The van der Waals surface area contributed by atoms with Crippen molar-refractivity contribution in [1.82, 2.24) is 0 Å². The molecule has 0 aromatic heterocycles. The molecule has 0 bridgehead atoms. The molecule has 2 nitrogen and oxygen atoms in total. The molecule has 0 saturated carbocycles. The molecule has 0 radical (unpaired) electrons. The summed E-state index contributed by atoms with van der Waals surface area (Å²) >= 11 is 0. The van der Waals surface area contributed by atoms with Crippen LogP contribution in [0.4, 0.5) is 8.78 Å². The number of aryl methyl sites for hydroxylation is 2. The van der Waals surface area contributed by atoms with Crippen LogP contribution in [0.15, 0.2) is 36.4 Å². The van der Waals surface area contributed by atoms with Crippen molar-refractivity contribution >= 4 is 0 Å². The van der Waals surface area contributed by atoms with E-state index in [1.54, 1.807) is 6.07 Å². The highest BCUT2D eigenvalue weighted by Gasteiger charge is 2.36. The van der Waals surface area contributed by atoms with Gasteiger partial charge in [-0.2, -0.15) is 0 Å². The van der Waals surface area contributed by atoms with E-state index in [4.69, 9.17) is 9.47 Å². The van der Waals surface area contributed by atoms with Crippen molar-refractivity contribution in [3.05, 3.63) is 70.3 Å². The minimum Gasteiger partial charge on any atom is -0.352 e. The van der Waals surface area contributed by atoms with E-state index in [1.807, 2.05) is 6.92 Å². The zero-order valence-corrected chi connectivity index (χ0v) is 16.5. The van der Waals surface area contributed by atoms with Crippen LogP contribution in [-0.2, 0) is 9.47 Å². The summed E-state index contributed by atoms with van der Waals surface area (Å²) in [7, 11) is 0. The maximum Gasteiger partial charge on any atom is 0.165 e. The Hall–Kier alpha value is -1.78. The number of ether oxygens (including phenoxy) is 2. The van der Waals surface area contributed by atoms with Gasteiger partial charge in [0.2, 0.25) is 0 Å². The van der Waals surface area contributed by atoms with Crippen LogP contribution in [0.5, 0.6) is 0 Å². The molecule has 4 heteroatoms. The van der Waals surface area contributed by atoms with Crippen molar-refractivity contribution in [3.8, 4) is 0 Å². The molecule has 27 heavy (non-hydrogen) atoms. The first-order valence-corrected chi connectivity index (χ1v) is 9.69. The lowest BCUT2D eigenvalue weighted by Crippen LogP contribution is -2.37. The molecule has 0 amide bonds. The topological polar surface area (TPSA) is 18.5 Å². The van der Waals surface area contributed by atoms with E-state index in [0.717, 1.165) is 24.0 Å². The van der Waals surface area contributed by atoms with Gasteiger partial charge >= 0.3 is 0 Å². The highest BCUT2D eigenvalue weighted by Crippen LogP contribution is 2.40. The second-order valence-corrected chi connectivity index (χ2v) is 7.59. The van der Waals surface area contributed by atoms with Crippen molar-refractivity contribution in [2.75, 3.05) is 6.61 Å². The Balaban J connectivity index is 1.87. The Morgan fingerprint density at radius 3 is 2.41 bits per heavy atom. The number of hydrogen-bond donors (Lipinski definition) is 0. The predicted octanol–water partition coefficient (Wildman–Crippen LogP) is 6.22. The van der Waals surface area contributed by atoms with Gasteiger partial charge < -0.3 is 9.47 Å². The van der Waals surface area contributed by atoms with Crippen molar-refractivity contribution in [2.45, 2.75) is 58.8 Å². The Morgan fingerprint density at radius 2 is 1.78 bits per heavy atom. The lowest BCUT2D eigenvalue weighted by Gasteiger charge is -2.39. The van der Waals surface area contributed by atoms with Crippen LogP contribution in [-0.4, -0.2) is 12.9 Å². The summed E-state index contributed by atoms with van der Waals surface area (Å²) in [6.07, 6.45) is 1.18. The van der Waals surface area contributed by atoms with Crippen LogP contribution in [0.25, 0.3) is 0 Å². The van der Waals surface area contributed by atoms with Gasteiger partial charge in [0, 0.05) is 5.92 Å². The molecule has 1 aliphatic rings. The normalized spacial score (nSPS) is 24.0. The molecular formula is C23H28F2O2. The van der Waals surface area contributed by atoms with E-state index in [2.05, 4.69) is 39.0 Å². The van der Waals surface area contributed by atoms with Crippen LogP contribution in [0.3, 0.4) is 0 Å². The van der Waals surface area contributed by atoms with E-state index in [-0.39, 0.29) is 12.0 Å². The molecule has 146 valence electrons. The Morgan fingerprint density at radius 1 is 1.07 bits per heavy atom. The van der Waals surface area contributed by atoms with Gasteiger partial charge in [-0.05, 0) is 56.4 Å². The van der Waals surface area contributed by atoms with Gasteiger partial charge in [-0.3, -0.25) is 0 Å². The zero-order chi connectivity index (χ0) is 19.6. The molecular weight excluding hydrogens is 346 g/mol. The predicted molar refractivity (Wildman–Crippen MR) is 103 cm³/mol. The van der Waals surface area contributed by atoms with Crippen LogP contribution in [0.2, 0.25) is 0 Å². The smallest absolute Gasteiger partial charge is 0.165 e. The molecule has 4 atom stereocenters. The average molecular weight is 374 g/mol. The quantitative estimate of drug-likeness (QED) is 0.619. The number of benzene rings is 2. The number of hydrogen-bond acceptors (Lipinski definition) is 2. The van der Waals surface area contributed by atoms with Crippen molar-refractivity contribution in [3.63, 3.8) is 0 Å². The standard InChI is InChI=1S/C23H28F2O2/c1-5-17-8-9-26-23(22(17)18-6-7-20(24)21(25)13-18)27-16(4)19-11-14(2)10-15(3)12-19/h6-7,10-13,16-17,22-23H,5,8-9H2,1-4H3/t16-,17+,22+,23-/m1/s1. The molecule has 0 aliphatic carbocycles. The van der Waals surface area contributed by atoms with E-state index < -0.39 is 17.9 Å². The number of rotatable bonds is 5. The first kappa shape index (κ1) is 20.0. The zero-order valence-electron chi connectivity index (χ0n) is 16.5. The fraction of sp³-hybridized carbons (Fsp3) is 0.478. The second kappa shape index (κ2) is 8.49. The highest BCUT2D eigenvalue weighted by molar-refractivity contribution is 5.30. The van der Waals surface area contributed by atoms with E-state index in [1.165, 1.54) is 23.3 Å². The molecule has 1 saturated heterocycles. The summed E-state index contributed by atoms with van der Waals surface area (Å²) in [5.74, 6) is -1.47. The summed E-state index contributed by atoms with van der Waals surface area (Å²) in [6, 6.07) is 10.5. The Kier molecular flexibility index (Phi) is 6.28. The molecule has 1 fully saturated rings. The van der Waals surface area contributed by atoms with Gasteiger partial charge in [0.25, 0.3) is 0 Å². The summed E-state index contributed by atoms with van der Waals surface area (Å²) in [5.41, 5.74) is 4.21. The third-order valence-electron chi connectivity index (χ3n) is 5.48. The van der Waals surface area contributed by atoms with Crippen LogP contribution in [0.1, 0.15) is 61.0 Å². The maximum atomic E-state index is 13.9. The molecule has 0 spiro atoms. The summed E-state index contributed by atoms with van der Waals surface area (Å²) in [6.45, 7) is 8.88. The summed E-state index contributed by atoms with van der Waals surface area (Å²) in [4.78, 5) is 0. The lowest BCUT2D eigenvalue weighted by molar-refractivity contribution is -0.209. The van der Waals surface area contributed by atoms with Crippen molar-refractivity contribution in [2.24, 2.45) is 5.92 Å². The minimum atomic E-state index is -0.829. The highest BCUT2D eigenvalue weighted by atomic mass is 19.2. The van der Waals surface area contributed by atoms with Crippen molar-refractivity contribution in [1.29, 1.82) is 0 Å². The van der Waals surface area contributed by atoms with Crippen LogP contribution in [0, 0.1) is 31.4 Å². The van der Waals surface area contributed by atoms with E-state index >= 15 is 0 Å². The van der Waals surface area contributed by atoms with Gasteiger partial charge in [0.05, 0.1) is 12.7 Å². The first-order valence-electron chi connectivity index (χ1n) is 9.69. The number of halogens is 2. The molecule has 2 aromatic rings. The van der Waals surface area contributed by atoms with E-state index in [9.17, 15) is 8.78 Å². The third kappa shape index (κ3) is 4.56. The Bertz CT molecular complexity index is 770. The Labute approximate surface area is 160 Å². The summed E-state index contributed by atoms with van der Waals surface area (Å²) < 4.78 is 39.5. The fourth-order valence-electron chi connectivity index (χ4n) is 4.10. The van der Waals surface area contributed by atoms with Gasteiger partial charge in [-0.1, -0.05) is 48.7 Å². The molecule has 1 heterocycles. The molecule has 0 unspecified atom stereocenters. The van der Waals surface area contributed by atoms with Gasteiger partial charge in [0.15, 0.2) is 17.9 Å². The maximum absolute atomic E-state index is 13.9. The minimum absolute atomic E-state index is 0.118. The van der Waals surface area contributed by atoms with Gasteiger partial charge in [0.1, 0.15) is 0 Å². The molecule has 1 aliphatic heterocycles.